The second-order valence-corrected chi connectivity index (χ2v) is 5.70. The minimum atomic E-state index is -0.175. The van der Waals surface area contributed by atoms with E-state index < -0.39 is 0 Å². The van der Waals surface area contributed by atoms with Gasteiger partial charge in [0.15, 0.2) is 0 Å². The van der Waals surface area contributed by atoms with Gasteiger partial charge in [-0.05, 0) is 44.5 Å². The zero-order chi connectivity index (χ0) is 15.1. The highest BCUT2D eigenvalue weighted by Gasteiger charge is 2.27. The molecule has 0 saturated carbocycles. The summed E-state index contributed by atoms with van der Waals surface area (Å²) in [7, 11) is 0. The molecular weight excluding hydrogens is 267 g/mol. The van der Waals surface area contributed by atoms with Gasteiger partial charge in [-0.25, -0.2) is 4.39 Å². The first-order chi connectivity index (χ1) is 10.2. The van der Waals surface area contributed by atoms with Crippen molar-refractivity contribution in [2.75, 3.05) is 37.7 Å². The monoisotopic (exact) mass is 294 g/mol. The molecule has 0 bridgehead atoms. The quantitative estimate of drug-likeness (QED) is 0.836. The number of hydrogen-bond donors (Lipinski definition) is 1. The van der Waals surface area contributed by atoms with Crippen molar-refractivity contribution in [1.29, 1.82) is 0 Å². The predicted molar refractivity (Wildman–Crippen MR) is 85.3 cm³/mol. The Morgan fingerprint density at radius 3 is 2.95 bits per heavy atom. The molecule has 1 aromatic rings. The molecule has 1 heterocycles. The highest BCUT2D eigenvalue weighted by molar-refractivity contribution is 5.46. The third-order valence-corrected chi connectivity index (χ3v) is 4.14. The van der Waals surface area contributed by atoms with Crippen LogP contribution < -0.4 is 10.2 Å². The second-order valence-electron chi connectivity index (χ2n) is 5.70. The summed E-state index contributed by atoms with van der Waals surface area (Å²) in [4.78, 5) is 2.24. The van der Waals surface area contributed by atoms with Crippen molar-refractivity contribution in [3.05, 3.63) is 30.1 Å². The van der Waals surface area contributed by atoms with Gasteiger partial charge in [-0.15, -0.1) is 0 Å². The SMILES string of the molecule is CCCNC1CCOCC1CN(CC)c1cccc(F)c1. The number of hydrogen-bond acceptors (Lipinski definition) is 3. The van der Waals surface area contributed by atoms with E-state index in [2.05, 4.69) is 24.1 Å². The third kappa shape index (κ3) is 4.68. The third-order valence-electron chi connectivity index (χ3n) is 4.14. The number of rotatable bonds is 7. The minimum absolute atomic E-state index is 0.175. The van der Waals surface area contributed by atoms with Crippen LogP contribution in [0.1, 0.15) is 26.7 Å². The predicted octanol–water partition coefficient (Wildman–Crippen LogP) is 3.06. The lowest BCUT2D eigenvalue weighted by atomic mass is 9.94. The van der Waals surface area contributed by atoms with Crippen LogP contribution in [0.4, 0.5) is 10.1 Å². The zero-order valence-corrected chi connectivity index (χ0v) is 13.1. The summed E-state index contributed by atoms with van der Waals surface area (Å²) in [6, 6.07) is 7.36. The molecule has 1 saturated heterocycles. The average Bonchev–Trinajstić information content (AvgIpc) is 2.51. The van der Waals surface area contributed by atoms with E-state index in [1.807, 2.05) is 6.07 Å². The molecule has 1 N–H and O–H groups in total. The molecule has 1 fully saturated rings. The van der Waals surface area contributed by atoms with Gasteiger partial charge in [0.2, 0.25) is 0 Å². The van der Waals surface area contributed by atoms with Crippen LogP contribution in [0.2, 0.25) is 0 Å². The number of benzene rings is 1. The molecule has 2 unspecified atom stereocenters. The molecule has 4 heteroatoms. The first kappa shape index (κ1) is 16.2. The molecule has 2 atom stereocenters. The lowest BCUT2D eigenvalue weighted by Crippen LogP contribution is -2.48. The Labute approximate surface area is 127 Å². The van der Waals surface area contributed by atoms with E-state index in [0.717, 1.165) is 51.4 Å². The standard InChI is InChI=1S/C17H27FN2O/c1-3-9-19-17-8-10-21-13-14(17)12-20(4-2)16-7-5-6-15(18)11-16/h5-7,11,14,17,19H,3-4,8-10,12-13H2,1-2H3. The number of ether oxygens (including phenoxy) is 1. The van der Waals surface area contributed by atoms with Gasteiger partial charge in [-0.3, -0.25) is 0 Å². The molecule has 21 heavy (non-hydrogen) atoms. The number of nitrogens with one attached hydrogen (secondary N) is 1. The van der Waals surface area contributed by atoms with E-state index in [4.69, 9.17) is 4.74 Å². The molecule has 1 aromatic carbocycles. The van der Waals surface area contributed by atoms with Gasteiger partial charge in [-0.2, -0.15) is 0 Å². The van der Waals surface area contributed by atoms with Crippen LogP contribution in [-0.2, 0) is 4.74 Å². The summed E-state index contributed by atoms with van der Waals surface area (Å²) in [6.07, 6.45) is 2.21. The first-order valence-electron chi connectivity index (χ1n) is 8.06. The Morgan fingerprint density at radius 1 is 1.38 bits per heavy atom. The topological polar surface area (TPSA) is 24.5 Å². The summed E-state index contributed by atoms with van der Waals surface area (Å²) < 4.78 is 19.1. The highest BCUT2D eigenvalue weighted by Crippen LogP contribution is 2.21. The van der Waals surface area contributed by atoms with Crippen LogP contribution >= 0.6 is 0 Å². The first-order valence-corrected chi connectivity index (χ1v) is 8.06. The number of nitrogens with zero attached hydrogens (tertiary/aromatic N) is 1. The van der Waals surface area contributed by atoms with Crippen molar-refractivity contribution in [2.24, 2.45) is 5.92 Å². The molecule has 1 aliphatic rings. The lowest BCUT2D eigenvalue weighted by Gasteiger charge is -2.36. The fourth-order valence-corrected chi connectivity index (χ4v) is 2.95. The van der Waals surface area contributed by atoms with Gasteiger partial charge in [0.1, 0.15) is 5.82 Å². The molecule has 0 spiro atoms. The molecule has 3 nitrogen and oxygen atoms in total. The van der Waals surface area contributed by atoms with Crippen LogP contribution in [0.5, 0.6) is 0 Å². The maximum Gasteiger partial charge on any atom is 0.125 e. The van der Waals surface area contributed by atoms with Gasteiger partial charge in [0.05, 0.1) is 6.61 Å². The van der Waals surface area contributed by atoms with E-state index in [0.29, 0.717) is 12.0 Å². The number of halogens is 1. The lowest BCUT2D eigenvalue weighted by molar-refractivity contribution is 0.0348. The number of anilines is 1. The maximum atomic E-state index is 13.4. The Kier molecular flexibility index (Phi) is 6.46. The van der Waals surface area contributed by atoms with Crippen LogP contribution in [0.15, 0.2) is 24.3 Å². The van der Waals surface area contributed by atoms with Gasteiger partial charge >= 0.3 is 0 Å². The average molecular weight is 294 g/mol. The Morgan fingerprint density at radius 2 is 2.24 bits per heavy atom. The van der Waals surface area contributed by atoms with Crippen molar-refractivity contribution >= 4 is 5.69 Å². The molecule has 0 amide bonds. The largest absolute Gasteiger partial charge is 0.381 e. The van der Waals surface area contributed by atoms with Crippen molar-refractivity contribution in [2.45, 2.75) is 32.7 Å². The van der Waals surface area contributed by atoms with Crippen molar-refractivity contribution < 1.29 is 9.13 Å². The smallest absolute Gasteiger partial charge is 0.125 e. The Balaban J connectivity index is 2.01. The summed E-state index contributed by atoms with van der Waals surface area (Å²) in [6.45, 7) is 8.75. The van der Waals surface area contributed by atoms with E-state index in [9.17, 15) is 4.39 Å². The maximum absolute atomic E-state index is 13.4. The van der Waals surface area contributed by atoms with Crippen LogP contribution in [0.3, 0.4) is 0 Å². The fraction of sp³-hybridized carbons (Fsp3) is 0.647. The van der Waals surface area contributed by atoms with Crippen LogP contribution in [0, 0.1) is 11.7 Å². The van der Waals surface area contributed by atoms with Crippen molar-refractivity contribution in [3.8, 4) is 0 Å². The van der Waals surface area contributed by atoms with E-state index in [-0.39, 0.29) is 5.82 Å². The van der Waals surface area contributed by atoms with Gasteiger partial charge in [-0.1, -0.05) is 13.0 Å². The molecule has 1 aliphatic heterocycles. The van der Waals surface area contributed by atoms with Gasteiger partial charge in [0.25, 0.3) is 0 Å². The summed E-state index contributed by atoms with van der Waals surface area (Å²) in [5.74, 6) is 0.278. The second kappa shape index (κ2) is 8.35. The van der Waals surface area contributed by atoms with Gasteiger partial charge in [0, 0.05) is 37.3 Å². The molecule has 0 radical (unpaired) electrons. The van der Waals surface area contributed by atoms with E-state index >= 15 is 0 Å². The van der Waals surface area contributed by atoms with Crippen molar-refractivity contribution in [3.63, 3.8) is 0 Å². The summed E-state index contributed by atoms with van der Waals surface area (Å²) in [5.41, 5.74) is 0.956. The fourth-order valence-electron chi connectivity index (χ4n) is 2.95. The molecular formula is C17H27FN2O. The Bertz CT molecular complexity index is 427. The minimum Gasteiger partial charge on any atom is -0.381 e. The van der Waals surface area contributed by atoms with E-state index in [1.165, 1.54) is 6.07 Å². The summed E-state index contributed by atoms with van der Waals surface area (Å²) in [5, 5.41) is 3.63. The van der Waals surface area contributed by atoms with Crippen LogP contribution in [-0.4, -0.2) is 38.9 Å². The molecule has 2 rings (SSSR count). The van der Waals surface area contributed by atoms with Crippen LogP contribution in [0.25, 0.3) is 0 Å². The summed E-state index contributed by atoms with van der Waals surface area (Å²) >= 11 is 0. The van der Waals surface area contributed by atoms with Crippen molar-refractivity contribution in [1.82, 2.24) is 5.32 Å². The van der Waals surface area contributed by atoms with Gasteiger partial charge < -0.3 is 15.0 Å². The molecule has 0 aliphatic carbocycles. The zero-order valence-electron chi connectivity index (χ0n) is 13.1. The molecule has 118 valence electrons. The highest BCUT2D eigenvalue weighted by atomic mass is 19.1. The van der Waals surface area contributed by atoms with E-state index in [1.54, 1.807) is 12.1 Å². The Hall–Kier alpha value is -1.13. The molecule has 0 aromatic heterocycles. The normalized spacial score (nSPS) is 22.2.